The molecule has 1 aromatic heterocycles. The van der Waals surface area contributed by atoms with Gasteiger partial charge in [0.05, 0.1) is 28.3 Å². The normalized spacial score (nSPS) is 13.7. The second-order valence-electron chi connectivity index (χ2n) is 11.5. The molecular weight excluding hydrogens is 569 g/mol. The van der Waals surface area contributed by atoms with E-state index in [-0.39, 0.29) is 6.71 Å². The molecule has 4 heterocycles. The molecule has 45 heavy (non-hydrogen) atoms. The van der Waals surface area contributed by atoms with E-state index in [1.807, 2.05) is 30.1 Å². The largest absolute Gasteiger partial charge is 0.451 e. The molecule has 0 spiro atoms. The summed E-state index contributed by atoms with van der Waals surface area (Å²) in [6.07, 6.45) is 1.88. The molecule has 0 aliphatic carbocycles. The fourth-order valence-corrected chi connectivity index (χ4v) is 8.47. The Morgan fingerprint density at radius 3 is 2.22 bits per heavy atom. The van der Waals surface area contributed by atoms with Crippen molar-refractivity contribution in [3.63, 3.8) is 0 Å². The lowest BCUT2D eigenvalue weighted by molar-refractivity contribution is 0.478. The van der Waals surface area contributed by atoms with Gasteiger partial charge in [0.1, 0.15) is 0 Å². The molecule has 3 aliphatic heterocycles. The van der Waals surface area contributed by atoms with Crippen molar-refractivity contribution in [2.45, 2.75) is 9.79 Å². The van der Waals surface area contributed by atoms with Gasteiger partial charge in [-0.1, -0.05) is 102 Å². The summed E-state index contributed by atoms with van der Waals surface area (Å²) in [5.74, 6) is 1.67. The smallest absolute Gasteiger partial charge is 0.249 e. The topological polar surface area (TPSA) is 28.6 Å². The SMILES string of the molecule is c1ccc(N2c3ccccc3B3c4ccccc4Sc4cc5c(c2c43)Oc2ccccc2N5c2cccc3cccnc23)cc1. The highest BCUT2D eigenvalue weighted by molar-refractivity contribution is 8.00. The first-order valence-corrected chi connectivity index (χ1v) is 16.0. The van der Waals surface area contributed by atoms with E-state index in [4.69, 9.17) is 9.72 Å². The molecule has 0 amide bonds. The van der Waals surface area contributed by atoms with E-state index in [1.54, 1.807) is 0 Å². The zero-order valence-electron chi connectivity index (χ0n) is 24.1. The molecule has 7 aromatic rings. The fraction of sp³-hybridized carbons (Fsp3) is 0. The Morgan fingerprint density at radius 1 is 0.578 bits per heavy atom. The standard InChI is InChI=1S/C39H24BN3OS/c1-2-14-26(15-3-1)42-29-18-6-4-16-27(29)40-28-17-5-9-22-34(28)45-35-24-32-39(38(42)36(35)40)44-33-21-8-7-19-30(33)43(32)31-20-10-12-25-13-11-23-41-37(25)31/h1-24H. The zero-order valence-corrected chi connectivity index (χ0v) is 24.9. The maximum Gasteiger partial charge on any atom is 0.249 e. The van der Waals surface area contributed by atoms with Crippen LogP contribution in [0.3, 0.4) is 0 Å². The van der Waals surface area contributed by atoms with Crippen LogP contribution in [0, 0.1) is 0 Å². The number of rotatable bonds is 2. The Kier molecular flexibility index (Phi) is 5.27. The van der Waals surface area contributed by atoms with E-state index in [0.29, 0.717) is 0 Å². The summed E-state index contributed by atoms with van der Waals surface area (Å²) >= 11 is 1.85. The van der Waals surface area contributed by atoms with Crippen LogP contribution in [0.2, 0.25) is 0 Å². The van der Waals surface area contributed by atoms with Gasteiger partial charge in [0.25, 0.3) is 0 Å². The van der Waals surface area contributed by atoms with Crippen molar-refractivity contribution >= 4 is 79.9 Å². The van der Waals surface area contributed by atoms with Crippen molar-refractivity contribution in [2.24, 2.45) is 0 Å². The Hall–Kier alpha value is -5.46. The molecule has 6 heteroatoms. The molecule has 0 radical (unpaired) electrons. The van der Waals surface area contributed by atoms with Gasteiger partial charge in [0.15, 0.2) is 11.5 Å². The van der Waals surface area contributed by atoms with E-state index in [9.17, 15) is 0 Å². The molecule has 0 saturated carbocycles. The summed E-state index contributed by atoms with van der Waals surface area (Å²) in [6.45, 7) is 0.0855. The van der Waals surface area contributed by atoms with Gasteiger partial charge in [0, 0.05) is 32.7 Å². The van der Waals surface area contributed by atoms with Crippen LogP contribution in [-0.4, -0.2) is 11.7 Å². The van der Waals surface area contributed by atoms with Crippen molar-refractivity contribution in [1.82, 2.24) is 4.98 Å². The Balaban J connectivity index is 1.34. The molecule has 0 N–H and O–H groups in total. The summed E-state index contributed by atoms with van der Waals surface area (Å²) in [6, 6.07) is 49.6. The van der Waals surface area contributed by atoms with Crippen LogP contribution in [0.4, 0.5) is 34.1 Å². The minimum absolute atomic E-state index is 0.0855. The predicted octanol–water partition coefficient (Wildman–Crippen LogP) is 8.57. The molecule has 0 fully saturated rings. The number of anilines is 6. The van der Waals surface area contributed by atoms with Crippen molar-refractivity contribution in [3.05, 3.63) is 146 Å². The number of hydrogen-bond acceptors (Lipinski definition) is 5. The van der Waals surface area contributed by atoms with Crippen LogP contribution in [0.5, 0.6) is 11.5 Å². The number of nitrogens with zero attached hydrogens (tertiary/aromatic N) is 3. The highest BCUT2D eigenvalue weighted by Crippen LogP contribution is 2.58. The van der Waals surface area contributed by atoms with Crippen molar-refractivity contribution in [2.75, 3.05) is 9.80 Å². The third-order valence-corrected chi connectivity index (χ3v) is 10.3. The number of pyridine rings is 1. The minimum Gasteiger partial charge on any atom is -0.451 e. The van der Waals surface area contributed by atoms with Crippen LogP contribution in [0.25, 0.3) is 10.9 Å². The lowest BCUT2D eigenvalue weighted by Gasteiger charge is -2.43. The Labute approximate surface area is 265 Å². The maximum atomic E-state index is 7.05. The van der Waals surface area contributed by atoms with E-state index in [2.05, 4.69) is 137 Å². The second-order valence-corrected chi connectivity index (χ2v) is 12.6. The number of para-hydroxylation sites is 5. The van der Waals surface area contributed by atoms with Gasteiger partial charge in [-0.3, -0.25) is 4.98 Å². The highest BCUT2D eigenvalue weighted by Gasteiger charge is 2.45. The van der Waals surface area contributed by atoms with Crippen LogP contribution in [-0.2, 0) is 0 Å². The van der Waals surface area contributed by atoms with E-state index < -0.39 is 0 Å². The van der Waals surface area contributed by atoms with Gasteiger partial charge in [-0.15, -0.1) is 0 Å². The van der Waals surface area contributed by atoms with Gasteiger partial charge in [-0.2, -0.15) is 0 Å². The summed E-state index contributed by atoms with van der Waals surface area (Å²) in [7, 11) is 0. The van der Waals surface area contributed by atoms with Crippen LogP contribution < -0.4 is 30.9 Å². The monoisotopic (exact) mass is 593 g/mol. The number of benzene rings is 6. The van der Waals surface area contributed by atoms with Gasteiger partial charge < -0.3 is 14.5 Å². The summed E-state index contributed by atoms with van der Waals surface area (Å²) < 4.78 is 7.05. The van der Waals surface area contributed by atoms with E-state index >= 15 is 0 Å². The molecule has 0 atom stereocenters. The quantitative estimate of drug-likeness (QED) is 0.187. The number of fused-ring (bicyclic) bond motifs is 8. The third-order valence-electron chi connectivity index (χ3n) is 9.11. The average molecular weight is 594 g/mol. The van der Waals surface area contributed by atoms with Gasteiger partial charge in [-0.05, 0) is 65.5 Å². The van der Waals surface area contributed by atoms with Crippen molar-refractivity contribution in [1.29, 1.82) is 0 Å². The van der Waals surface area contributed by atoms with Crippen molar-refractivity contribution < 1.29 is 4.74 Å². The van der Waals surface area contributed by atoms with E-state index in [1.165, 1.54) is 31.9 Å². The molecule has 210 valence electrons. The van der Waals surface area contributed by atoms with Gasteiger partial charge >= 0.3 is 0 Å². The molecule has 0 saturated heterocycles. The number of ether oxygens (including phenoxy) is 1. The molecule has 3 aliphatic rings. The van der Waals surface area contributed by atoms with Gasteiger partial charge in [0.2, 0.25) is 6.71 Å². The fourth-order valence-electron chi connectivity index (χ4n) is 7.29. The van der Waals surface area contributed by atoms with E-state index in [0.717, 1.165) is 50.8 Å². The molecule has 0 unspecified atom stereocenters. The Bertz CT molecular complexity index is 2320. The van der Waals surface area contributed by atoms with Crippen LogP contribution in [0.15, 0.2) is 156 Å². The molecule has 4 nitrogen and oxygen atoms in total. The molecule has 10 rings (SSSR count). The first-order valence-electron chi connectivity index (χ1n) is 15.2. The maximum absolute atomic E-state index is 7.05. The molecule has 0 bridgehead atoms. The average Bonchev–Trinajstić information content (AvgIpc) is 3.10. The first-order chi connectivity index (χ1) is 22.3. The second kappa shape index (κ2) is 9.52. The summed E-state index contributed by atoms with van der Waals surface area (Å²) in [5, 5.41) is 1.10. The summed E-state index contributed by atoms with van der Waals surface area (Å²) in [4.78, 5) is 12.2. The van der Waals surface area contributed by atoms with Crippen LogP contribution in [0.1, 0.15) is 0 Å². The Morgan fingerprint density at radius 2 is 1.31 bits per heavy atom. The third kappa shape index (κ3) is 3.54. The summed E-state index contributed by atoms with van der Waals surface area (Å²) in [5.41, 5.74) is 11.3. The van der Waals surface area contributed by atoms with Crippen LogP contribution >= 0.6 is 11.8 Å². The van der Waals surface area contributed by atoms with Crippen molar-refractivity contribution in [3.8, 4) is 11.5 Å². The van der Waals surface area contributed by atoms with Gasteiger partial charge in [-0.25, -0.2) is 0 Å². The first kappa shape index (κ1) is 24.9. The molecule has 6 aromatic carbocycles. The number of aromatic nitrogens is 1. The lowest BCUT2D eigenvalue weighted by atomic mass is 9.35. The predicted molar refractivity (Wildman–Crippen MR) is 186 cm³/mol. The number of hydrogen-bond donors (Lipinski definition) is 0. The molecular formula is C39H24BN3OS. The minimum atomic E-state index is 0.0855. The zero-order chi connectivity index (χ0) is 29.5. The highest BCUT2D eigenvalue weighted by atomic mass is 32.2. The lowest BCUT2D eigenvalue weighted by Crippen LogP contribution is -2.60.